The molecular formula is C16H18ClFN6O2. The van der Waals surface area contributed by atoms with Crippen LogP contribution in [0, 0.1) is 5.82 Å². The highest BCUT2D eigenvalue weighted by atomic mass is 35.5. The molecule has 1 aromatic carbocycles. The quantitative estimate of drug-likeness (QED) is 0.671. The zero-order valence-corrected chi connectivity index (χ0v) is 14.8. The van der Waals surface area contributed by atoms with Gasteiger partial charge in [0.25, 0.3) is 5.56 Å². The van der Waals surface area contributed by atoms with Gasteiger partial charge in [0.1, 0.15) is 5.52 Å². The van der Waals surface area contributed by atoms with Crippen LogP contribution in [0.25, 0.3) is 16.7 Å². The van der Waals surface area contributed by atoms with E-state index in [2.05, 4.69) is 15.4 Å². The first kappa shape index (κ1) is 18.2. The molecule has 0 saturated carbocycles. The summed E-state index contributed by atoms with van der Waals surface area (Å²) in [5.41, 5.74) is -0.255. The predicted molar refractivity (Wildman–Crippen MR) is 99.2 cm³/mol. The molecule has 0 unspecified atom stereocenters. The third-order valence-electron chi connectivity index (χ3n) is 4.41. The number of aryl methyl sites for hydroxylation is 1. The topological polar surface area (TPSA) is 88.0 Å². The van der Waals surface area contributed by atoms with E-state index < -0.39 is 11.2 Å². The van der Waals surface area contributed by atoms with Crippen LogP contribution in [0.4, 0.5) is 10.1 Å². The van der Waals surface area contributed by atoms with E-state index in [-0.39, 0.29) is 24.0 Å². The largest absolute Gasteiger partial charge is 0.367 e. The summed E-state index contributed by atoms with van der Waals surface area (Å²) in [6.45, 7) is 3.07. The molecule has 1 aliphatic heterocycles. The Morgan fingerprint density at radius 1 is 1.15 bits per heavy atom. The van der Waals surface area contributed by atoms with E-state index in [1.165, 1.54) is 21.5 Å². The van der Waals surface area contributed by atoms with Crippen molar-refractivity contribution in [3.05, 3.63) is 51.1 Å². The highest BCUT2D eigenvalue weighted by Gasteiger charge is 2.21. The first-order valence-corrected chi connectivity index (χ1v) is 7.99. The van der Waals surface area contributed by atoms with Crippen molar-refractivity contribution in [3.8, 4) is 5.82 Å². The molecule has 26 heavy (non-hydrogen) atoms. The number of halogens is 2. The standard InChI is InChI=1S/C16H17FN6O2.ClH/c1-21-14-10(15(20-21)23-7-4-12(24)19-16(23)25)2-3-11(13(14)17)22-8-5-18-6-9-22;/h2-4,7,18H,5-6,8-9H2,1H3,(H,19,24,25);1H. The Bertz CT molecular complexity index is 1070. The van der Waals surface area contributed by atoms with Gasteiger partial charge in [0, 0.05) is 50.9 Å². The SMILES string of the molecule is Cl.Cn1nc(-n2ccc(=O)[nH]c2=O)c2ccc(N3CCNCC3)c(F)c21. The first-order chi connectivity index (χ1) is 12.1. The second kappa shape index (κ2) is 6.93. The van der Waals surface area contributed by atoms with Crippen LogP contribution in [0.3, 0.4) is 0 Å². The Morgan fingerprint density at radius 3 is 2.58 bits per heavy atom. The van der Waals surface area contributed by atoms with Gasteiger partial charge in [0.05, 0.1) is 5.69 Å². The van der Waals surface area contributed by atoms with Crippen LogP contribution in [-0.2, 0) is 7.05 Å². The van der Waals surface area contributed by atoms with Gasteiger partial charge in [-0.1, -0.05) is 0 Å². The number of aromatic nitrogens is 4. The van der Waals surface area contributed by atoms with Crippen molar-refractivity contribution in [1.29, 1.82) is 0 Å². The molecule has 0 amide bonds. The van der Waals surface area contributed by atoms with Crippen LogP contribution >= 0.6 is 12.4 Å². The Morgan fingerprint density at radius 2 is 1.88 bits per heavy atom. The van der Waals surface area contributed by atoms with E-state index in [0.717, 1.165) is 26.2 Å². The molecule has 10 heteroatoms. The molecule has 1 saturated heterocycles. The average molecular weight is 381 g/mol. The van der Waals surface area contributed by atoms with Gasteiger partial charge in [-0.3, -0.25) is 19.0 Å². The van der Waals surface area contributed by atoms with Gasteiger partial charge in [-0.25, -0.2) is 9.18 Å². The van der Waals surface area contributed by atoms with Gasteiger partial charge in [0.2, 0.25) is 0 Å². The normalized spacial score (nSPS) is 14.5. The second-order valence-corrected chi connectivity index (χ2v) is 5.96. The second-order valence-electron chi connectivity index (χ2n) is 5.96. The molecule has 8 nitrogen and oxygen atoms in total. The fourth-order valence-electron chi connectivity index (χ4n) is 3.21. The monoisotopic (exact) mass is 380 g/mol. The van der Waals surface area contributed by atoms with Gasteiger partial charge in [0.15, 0.2) is 11.6 Å². The van der Waals surface area contributed by atoms with E-state index in [9.17, 15) is 9.59 Å². The van der Waals surface area contributed by atoms with Crippen molar-refractivity contribution in [2.24, 2.45) is 7.05 Å². The highest BCUT2D eigenvalue weighted by molar-refractivity contribution is 5.90. The minimum absolute atomic E-state index is 0. The average Bonchev–Trinajstić information content (AvgIpc) is 2.93. The van der Waals surface area contributed by atoms with Gasteiger partial charge in [-0.05, 0) is 12.1 Å². The Labute approximate surface area is 153 Å². The minimum Gasteiger partial charge on any atom is -0.367 e. The number of piperazine rings is 1. The molecule has 2 aromatic heterocycles. The number of benzene rings is 1. The molecule has 3 heterocycles. The number of rotatable bonds is 2. The van der Waals surface area contributed by atoms with Gasteiger partial charge >= 0.3 is 5.69 Å². The van der Waals surface area contributed by atoms with Crippen molar-refractivity contribution >= 4 is 29.0 Å². The maximum absolute atomic E-state index is 15.1. The molecule has 1 fully saturated rings. The zero-order chi connectivity index (χ0) is 17.6. The molecule has 4 rings (SSSR count). The molecule has 2 N–H and O–H groups in total. The Kier molecular flexibility index (Phi) is 4.84. The van der Waals surface area contributed by atoms with Crippen molar-refractivity contribution in [2.45, 2.75) is 0 Å². The number of anilines is 1. The number of nitrogens with one attached hydrogen (secondary N) is 2. The molecule has 0 spiro atoms. The summed E-state index contributed by atoms with van der Waals surface area (Å²) >= 11 is 0. The summed E-state index contributed by atoms with van der Waals surface area (Å²) in [6, 6.07) is 4.70. The lowest BCUT2D eigenvalue weighted by molar-refractivity contribution is 0.567. The van der Waals surface area contributed by atoms with E-state index in [4.69, 9.17) is 0 Å². The van der Waals surface area contributed by atoms with E-state index in [1.807, 2.05) is 4.90 Å². The summed E-state index contributed by atoms with van der Waals surface area (Å²) in [7, 11) is 1.63. The maximum atomic E-state index is 15.1. The predicted octanol–water partition coefficient (Wildman–Crippen LogP) is 0.383. The lowest BCUT2D eigenvalue weighted by Crippen LogP contribution is -2.43. The lowest BCUT2D eigenvalue weighted by Gasteiger charge is -2.29. The van der Waals surface area contributed by atoms with E-state index in [1.54, 1.807) is 19.2 Å². The molecule has 0 bridgehead atoms. The number of nitrogens with zero attached hydrogens (tertiary/aromatic N) is 4. The fraction of sp³-hybridized carbons (Fsp3) is 0.312. The number of H-pyrrole nitrogens is 1. The van der Waals surface area contributed by atoms with Crippen molar-refractivity contribution in [1.82, 2.24) is 24.6 Å². The smallest absolute Gasteiger partial charge is 0.334 e. The van der Waals surface area contributed by atoms with Crippen LogP contribution in [-0.4, -0.2) is 45.5 Å². The molecule has 0 atom stereocenters. The summed E-state index contributed by atoms with van der Waals surface area (Å²) in [6.07, 6.45) is 1.34. The van der Waals surface area contributed by atoms with Crippen molar-refractivity contribution in [3.63, 3.8) is 0 Å². The number of aromatic amines is 1. The number of hydrogen-bond donors (Lipinski definition) is 2. The first-order valence-electron chi connectivity index (χ1n) is 7.99. The van der Waals surface area contributed by atoms with E-state index in [0.29, 0.717) is 16.6 Å². The summed E-state index contributed by atoms with van der Waals surface area (Å²) in [5.74, 6) is -0.0809. The highest BCUT2D eigenvalue weighted by Crippen LogP contribution is 2.30. The molecule has 138 valence electrons. The number of hydrogen-bond acceptors (Lipinski definition) is 5. The zero-order valence-electron chi connectivity index (χ0n) is 14.0. The van der Waals surface area contributed by atoms with Crippen LogP contribution in [0.15, 0.2) is 34.0 Å². The summed E-state index contributed by atoms with van der Waals surface area (Å²) in [5, 5.41) is 8.03. The van der Waals surface area contributed by atoms with Gasteiger partial charge in [-0.2, -0.15) is 5.10 Å². The Balaban J connectivity index is 0.00000196. The third-order valence-corrected chi connectivity index (χ3v) is 4.41. The maximum Gasteiger partial charge on any atom is 0.334 e. The molecule has 0 aliphatic carbocycles. The lowest BCUT2D eigenvalue weighted by atomic mass is 10.2. The van der Waals surface area contributed by atoms with Gasteiger partial charge in [-0.15, -0.1) is 12.4 Å². The number of fused-ring (bicyclic) bond motifs is 1. The summed E-state index contributed by atoms with van der Waals surface area (Å²) in [4.78, 5) is 27.5. The Hall–Kier alpha value is -2.65. The van der Waals surface area contributed by atoms with Crippen LogP contribution in [0.1, 0.15) is 0 Å². The van der Waals surface area contributed by atoms with Crippen LogP contribution in [0.2, 0.25) is 0 Å². The molecule has 0 radical (unpaired) electrons. The van der Waals surface area contributed by atoms with Crippen LogP contribution in [0.5, 0.6) is 0 Å². The van der Waals surface area contributed by atoms with Crippen molar-refractivity contribution in [2.75, 3.05) is 31.1 Å². The molecule has 3 aromatic rings. The fourth-order valence-corrected chi connectivity index (χ4v) is 3.21. The van der Waals surface area contributed by atoms with Crippen molar-refractivity contribution < 1.29 is 4.39 Å². The molecule has 1 aliphatic rings. The van der Waals surface area contributed by atoms with Crippen LogP contribution < -0.4 is 21.5 Å². The summed E-state index contributed by atoms with van der Waals surface area (Å²) < 4.78 is 17.8. The third kappa shape index (κ3) is 2.89. The van der Waals surface area contributed by atoms with E-state index >= 15 is 4.39 Å². The minimum atomic E-state index is -0.612. The molecular weight excluding hydrogens is 363 g/mol. The van der Waals surface area contributed by atoms with Gasteiger partial charge < -0.3 is 10.2 Å².